The van der Waals surface area contributed by atoms with Crippen molar-refractivity contribution in [1.29, 1.82) is 0 Å². The van der Waals surface area contributed by atoms with Gasteiger partial charge in [-0.2, -0.15) is 0 Å². The molecule has 5 aromatic rings. The van der Waals surface area contributed by atoms with Crippen molar-refractivity contribution in [2.45, 2.75) is 26.5 Å². The van der Waals surface area contributed by atoms with Gasteiger partial charge in [0.1, 0.15) is 18.1 Å². The van der Waals surface area contributed by atoms with Crippen LogP contribution >= 0.6 is 72.4 Å². The summed E-state index contributed by atoms with van der Waals surface area (Å²) in [6.45, 7) is 4.65. The lowest BCUT2D eigenvalue weighted by atomic mass is 9.95. The molecule has 1 aliphatic heterocycles. The molecule has 2 heterocycles. The zero-order chi connectivity index (χ0) is 33.1. The first-order valence-electron chi connectivity index (χ1n) is 14.7. The number of hydrogen-bond donors (Lipinski definition) is 1. The molecule has 7 nitrogen and oxygen atoms in total. The van der Waals surface area contributed by atoms with Gasteiger partial charge in [0.25, 0.3) is 11.5 Å². The molecule has 1 atom stereocenters. The highest BCUT2D eigenvalue weighted by molar-refractivity contribution is 14.1. The molecule has 47 heavy (non-hydrogen) atoms. The molecular formula is C36H28BrI2N3O4S. The molecule has 0 spiro atoms. The molecule has 1 aromatic heterocycles. The molecule has 0 unspecified atom stereocenters. The normalized spacial score (nSPS) is 14.4. The summed E-state index contributed by atoms with van der Waals surface area (Å²) in [5, 5.41) is 3.00. The van der Waals surface area contributed by atoms with E-state index in [4.69, 9.17) is 14.5 Å². The van der Waals surface area contributed by atoms with Crippen molar-refractivity contribution in [3.63, 3.8) is 0 Å². The van der Waals surface area contributed by atoms with E-state index in [0.717, 1.165) is 28.3 Å². The molecule has 1 aliphatic rings. The topological polar surface area (TPSA) is 81.9 Å². The van der Waals surface area contributed by atoms with E-state index in [1.807, 2.05) is 111 Å². The van der Waals surface area contributed by atoms with Crippen LogP contribution < -0.4 is 29.7 Å². The number of hydrogen-bond acceptors (Lipinski definition) is 6. The second kappa shape index (κ2) is 14.9. The smallest absolute Gasteiger partial charge is 0.271 e. The molecule has 0 bridgehead atoms. The van der Waals surface area contributed by atoms with Crippen molar-refractivity contribution in [1.82, 2.24) is 4.57 Å². The summed E-state index contributed by atoms with van der Waals surface area (Å²) >= 11 is 9.32. The third kappa shape index (κ3) is 7.58. The van der Waals surface area contributed by atoms with E-state index >= 15 is 0 Å². The second-order valence-corrected chi connectivity index (χ2v) is 15.0. The Morgan fingerprint density at radius 1 is 1.02 bits per heavy atom. The average molecular weight is 932 g/mol. The summed E-state index contributed by atoms with van der Waals surface area (Å²) < 4.78 is 17.1. The minimum absolute atomic E-state index is 0.238. The van der Waals surface area contributed by atoms with Crippen LogP contribution in [-0.2, 0) is 11.4 Å². The molecule has 238 valence electrons. The van der Waals surface area contributed by atoms with Gasteiger partial charge in [0.2, 0.25) is 0 Å². The van der Waals surface area contributed by atoms with Crippen LogP contribution in [0.1, 0.15) is 36.6 Å². The molecule has 11 heteroatoms. The number of rotatable bonds is 9. The van der Waals surface area contributed by atoms with Crippen LogP contribution in [0.5, 0.6) is 11.5 Å². The summed E-state index contributed by atoms with van der Waals surface area (Å²) in [4.78, 5) is 33.5. The number of carbonyl (C=O) groups excluding carboxylic acids is 1. The van der Waals surface area contributed by atoms with Gasteiger partial charge in [0, 0.05) is 19.3 Å². The van der Waals surface area contributed by atoms with E-state index in [1.165, 1.54) is 11.3 Å². The Morgan fingerprint density at radius 3 is 2.45 bits per heavy atom. The van der Waals surface area contributed by atoms with Gasteiger partial charge in [0.15, 0.2) is 4.80 Å². The van der Waals surface area contributed by atoms with Crippen LogP contribution in [-0.4, -0.2) is 17.1 Å². The van der Waals surface area contributed by atoms with Gasteiger partial charge in [-0.25, -0.2) is 4.99 Å². The van der Waals surface area contributed by atoms with E-state index in [2.05, 4.69) is 66.4 Å². The van der Waals surface area contributed by atoms with Crippen molar-refractivity contribution < 1.29 is 14.3 Å². The SMILES string of the molecule is CCOc1ccc([C@@H]2C(C(=O)Nc3ccccc3)=C(C)N=c3s/c(=C\c4cc(I)cc(I)c4OCc4ccc(Br)cc4)c(=O)n32)cc1. The van der Waals surface area contributed by atoms with Gasteiger partial charge >= 0.3 is 0 Å². The Kier molecular flexibility index (Phi) is 10.6. The quantitative estimate of drug-likeness (QED) is 0.153. The molecule has 0 aliphatic carbocycles. The highest BCUT2D eigenvalue weighted by Crippen LogP contribution is 2.33. The van der Waals surface area contributed by atoms with Crippen LogP contribution in [0.2, 0.25) is 0 Å². The number of ether oxygens (including phenoxy) is 2. The maximum Gasteiger partial charge on any atom is 0.271 e. The number of para-hydroxylation sites is 1. The number of nitrogens with one attached hydrogen (secondary N) is 1. The van der Waals surface area contributed by atoms with Gasteiger partial charge in [-0.15, -0.1) is 0 Å². The number of amides is 1. The van der Waals surface area contributed by atoms with Crippen LogP contribution in [0.15, 0.2) is 117 Å². The first-order valence-corrected chi connectivity index (χ1v) is 18.5. The molecular weight excluding hydrogens is 904 g/mol. The van der Waals surface area contributed by atoms with E-state index in [9.17, 15) is 9.59 Å². The van der Waals surface area contributed by atoms with Crippen LogP contribution in [0.4, 0.5) is 5.69 Å². The Labute approximate surface area is 311 Å². The molecule has 0 saturated carbocycles. The maximum atomic E-state index is 14.4. The first kappa shape index (κ1) is 33.6. The van der Waals surface area contributed by atoms with E-state index in [1.54, 1.807) is 4.57 Å². The number of nitrogens with zero attached hydrogens (tertiary/aromatic N) is 2. The summed E-state index contributed by atoms with van der Waals surface area (Å²) in [6.07, 6.45) is 1.86. The number of anilines is 1. The third-order valence-electron chi connectivity index (χ3n) is 7.42. The number of halogens is 3. The fourth-order valence-corrected chi connectivity index (χ4v) is 8.62. The molecule has 4 aromatic carbocycles. The highest BCUT2D eigenvalue weighted by atomic mass is 127. The van der Waals surface area contributed by atoms with Crippen molar-refractivity contribution in [2.24, 2.45) is 4.99 Å². The number of carbonyl (C=O) groups is 1. The van der Waals surface area contributed by atoms with Crippen molar-refractivity contribution in [3.05, 3.63) is 150 Å². The van der Waals surface area contributed by atoms with Gasteiger partial charge in [-0.1, -0.05) is 69.7 Å². The van der Waals surface area contributed by atoms with E-state index in [-0.39, 0.29) is 11.5 Å². The van der Waals surface area contributed by atoms with Crippen LogP contribution in [0, 0.1) is 7.14 Å². The molecule has 6 rings (SSSR count). The van der Waals surface area contributed by atoms with Gasteiger partial charge in [-0.3, -0.25) is 14.2 Å². The predicted molar refractivity (Wildman–Crippen MR) is 207 cm³/mol. The fourth-order valence-electron chi connectivity index (χ4n) is 5.28. The number of benzene rings is 4. The molecule has 1 N–H and O–H groups in total. The minimum atomic E-state index is -0.697. The van der Waals surface area contributed by atoms with Gasteiger partial charge in [0.05, 0.1) is 32.0 Å². The fraction of sp³-hybridized carbons (Fsp3) is 0.139. The standard InChI is InChI=1S/C36H28BrI2N3O4S/c1-3-45-28-15-11-23(12-16-28)32-31(34(43)41-27-7-5-4-6-8-27)21(2)40-36-42(32)35(44)30(47-36)18-24-17-26(38)19-29(39)33(24)46-20-22-9-13-25(37)14-10-22/h4-19,32H,3,20H2,1-2H3,(H,41,43)/b30-18-/t32-/m1/s1. The average Bonchev–Trinajstić information content (AvgIpc) is 3.35. The summed E-state index contributed by atoms with van der Waals surface area (Å²) in [5.74, 6) is 1.09. The largest absolute Gasteiger partial charge is 0.494 e. The molecule has 0 saturated heterocycles. The maximum absolute atomic E-state index is 14.4. The lowest BCUT2D eigenvalue weighted by Crippen LogP contribution is -2.40. The highest BCUT2D eigenvalue weighted by Gasteiger charge is 2.32. The molecule has 0 radical (unpaired) electrons. The number of aromatic nitrogens is 1. The molecule has 0 fully saturated rings. The number of allylic oxidation sites excluding steroid dienone is 1. The van der Waals surface area contributed by atoms with Crippen molar-refractivity contribution in [2.75, 3.05) is 11.9 Å². The predicted octanol–water partition coefficient (Wildman–Crippen LogP) is 7.82. The number of fused-ring (bicyclic) bond motifs is 1. The first-order chi connectivity index (χ1) is 22.7. The monoisotopic (exact) mass is 931 g/mol. The number of thiazole rings is 1. The van der Waals surface area contributed by atoms with E-state index in [0.29, 0.717) is 51.0 Å². The van der Waals surface area contributed by atoms with Crippen LogP contribution in [0.3, 0.4) is 0 Å². The summed E-state index contributed by atoms with van der Waals surface area (Å²) in [6, 6.07) is 28.1. The van der Waals surface area contributed by atoms with Crippen molar-refractivity contribution >= 4 is 90.1 Å². The Hall–Kier alpha value is -3.27. The lowest BCUT2D eigenvalue weighted by molar-refractivity contribution is -0.113. The lowest BCUT2D eigenvalue weighted by Gasteiger charge is -2.25. The second-order valence-electron chi connectivity index (χ2n) is 10.6. The Morgan fingerprint density at radius 2 is 1.74 bits per heavy atom. The van der Waals surface area contributed by atoms with Crippen molar-refractivity contribution in [3.8, 4) is 11.5 Å². The third-order valence-corrected chi connectivity index (χ3v) is 10.4. The minimum Gasteiger partial charge on any atom is -0.494 e. The summed E-state index contributed by atoms with van der Waals surface area (Å²) in [5.41, 5.74) is 3.96. The van der Waals surface area contributed by atoms with Gasteiger partial charge < -0.3 is 14.8 Å². The van der Waals surface area contributed by atoms with Crippen LogP contribution in [0.25, 0.3) is 6.08 Å². The zero-order valence-electron chi connectivity index (χ0n) is 25.3. The van der Waals surface area contributed by atoms with Gasteiger partial charge in [-0.05, 0) is 125 Å². The van der Waals surface area contributed by atoms with E-state index < -0.39 is 6.04 Å². The Balaban J connectivity index is 1.45. The Bertz CT molecular complexity index is 2160. The molecule has 1 amide bonds. The summed E-state index contributed by atoms with van der Waals surface area (Å²) in [7, 11) is 0. The zero-order valence-corrected chi connectivity index (χ0v) is 32.0.